The van der Waals surface area contributed by atoms with Crippen LogP contribution in [0.25, 0.3) is 0 Å². The first-order chi connectivity index (χ1) is 19.3. The van der Waals surface area contributed by atoms with Crippen molar-refractivity contribution in [3.8, 4) is 17.2 Å². The first kappa shape index (κ1) is 30.1. The molecule has 1 N–H and O–H groups in total. The Bertz CT molecular complexity index is 1240. The molecule has 2 aliphatic rings. The quantitative estimate of drug-likeness (QED) is 0.300. The van der Waals surface area contributed by atoms with Crippen molar-refractivity contribution in [2.24, 2.45) is 5.92 Å². The van der Waals surface area contributed by atoms with Crippen molar-refractivity contribution in [3.63, 3.8) is 0 Å². The van der Waals surface area contributed by atoms with E-state index in [4.69, 9.17) is 14.2 Å². The highest BCUT2D eigenvalue weighted by atomic mass is 32.2. The average Bonchev–Trinajstić information content (AvgIpc) is 3.58. The SMILES string of the molecule is CCCCCCS(=O)(=O)N(CCC)CCN1C[C@H](c2ccc3c(c2)OCO3)[C@H](C(=O)O)[C@H]1c1ccc(OC)cc1. The molecule has 3 atom stereocenters. The lowest BCUT2D eigenvalue weighted by atomic mass is 9.82. The van der Waals surface area contributed by atoms with E-state index in [9.17, 15) is 18.3 Å². The van der Waals surface area contributed by atoms with Crippen LogP contribution in [0, 0.1) is 5.92 Å². The number of aliphatic carboxylic acids is 1. The number of likely N-dealkylation sites (tertiary alicyclic amines) is 1. The second-order valence-electron chi connectivity index (χ2n) is 10.6. The normalized spacial score (nSPS) is 20.8. The number of fused-ring (bicyclic) bond motifs is 1. The van der Waals surface area contributed by atoms with Gasteiger partial charge in [-0.25, -0.2) is 12.7 Å². The molecule has 9 nitrogen and oxygen atoms in total. The zero-order chi connectivity index (χ0) is 28.7. The van der Waals surface area contributed by atoms with Crippen LogP contribution in [0.5, 0.6) is 17.2 Å². The fraction of sp³-hybridized carbons (Fsp3) is 0.567. The Hall–Kier alpha value is -2.82. The highest BCUT2D eigenvalue weighted by Gasteiger charge is 2.47. The predicted octanol–water partition coefficient (Wildman–Crippen LogP) is 4.89. The molecule has 0 bridgehead atoms. The molecule has 0 saturated carbocycles. The van der Waals surface area contributed by atoms with E-state index in [-0.39, 0.29) is 18.5 Å². The molecule has 2 heterocycles. The number of ether oxygens (including phenoxy) is 3. The van der Waals surface area contributed by atoms with Crippen molar-refractivity contribution in [3.05, 3.63) is 53.6 Å². The number of carbonyl (C=O) groups is 1. The van der Waals surface area contributed by atoms with Gasteiger partial charge in [-0.05, 0) is 48.2 Å². The molecular formula is C30H42N2O7S. The fourth-order valence-corrected chi connectivity index (χ4v) is 7.51. The Balaban J connectivity index is 1.62. The number of sulfonamides is 1. The first-order valence-corrected chi connectivity index (χ1v) is 15.9. The molecule has 0 spiro atoms. The number of hydrogen-bond donors (Lipinski definition) is 1. The van der Waals surface area contributed by atoms with Crippen LogP contribution in [-0.2, 0) is 14.8 Å². The van der Waals surface area contributed by atoms with Gasteiger partial charge < -0.3 is 19.3 Å². The molecule has 0 amide bonds. The van der Waals surface area contributed by atoms with Gasteiger partial charge in [-0.15, -0.1) is 0 Å². The van der Waals surface area contributed by atoms with Gasteiger partial charge in [0.2, 0.25) is 16.8 Å². The van der Waals surface area contributed by atoms with Gasteiger partial charge in [-0.3, -0.25) is 9.69 Å². The van der Waals surface area contributed by atoms with Gasteiger partial charge in [0.25, 0.3) is 0 Å². The minimum absolute atomic E-state index is 0.145. The highest BCUT2D eigenvalue weighted by Crippen LogP contribution is 2.47. The van der Waals surface area contributed by atoms with Crippen molar-refractivity contribution >= 4 is 16.0 Å². The van der Waals surface area contributed by atoms with Gasteiger partial charge in [-0.1, -0.05) is 51.3 Å². The second-order valence-corrected chi connectivity index (χ2v) is 12.7. The standard InChI is InChI=1S/C30H42N2O7S/c1-4-6-7-8-18-40(35,36)32(15-5-2)17-16-31-20-25(23-11-14-26-27(19-23)39-21-38-26)28(30(33)34)29(31)22-9-12-24(37-3)13-10-22/h9-14,19,25,28-29H,4-8,15-18,20-21H2,1-3H3,(H,33,34)/t25-,28+,29-/m1/s1. The minimum Gasteiger partial charge on any atom is -0.497 e. The zero-order valence-corrected chi connectivity index (χ0v) is 24.6. The predicted molar refractivity (Wildman–Crippen MR) is 154 cm³/mol. The number of benzene rings is 2. The van der Waals surface area contributed by atoms with Gasteiger partial charge in [0.1, 0.15) is 5.75 Å². The number of unbranched alkanes of at least 4 members (excludes halogenated alkanes) is 3. The van der Waals surface area contributed by atoms with E-state index in [1.165, 1.54) is 0 Å². The first-order valence-electron chi connectivity index (χ1n) is 14.3. The van der Waals surface area contributed by atoms with E-state index in [2.05, 4.69) is 11.8 Å². The van der Waals surface area contributed by atoms with Crippen LogP contribution in [-0.4, -0.2) is 74.5 Å². The molecular weight excluding hydrogens is 532 g/mol. The van der Waals surface area contributed by atoms with Crippen LogP contribution in [0.4, 0.5) is 0 Å². The Morgan fingerprint density at radius 1 is 1.00 bits per heavy atom. The molecule has 220 valence electrons. The number of carboxylic acids is 1. The molecule has 40 heavy (non-hydrogen) atoms. The second kappa shape index (κ2) is 13.7. The van der Waals surface area contributed by atoms with E-state index in [1.54, 1.807) is 11.4 Å². The van der Waals surface area contributed by atoms with Crippen molar-refractivity contribution < 1.29 is 32.5 Å². The number of hydrogen-bond acceptors (Lipinski definition) is 7. The summed E-state index contributed by atoms with van der Waals surface area (Å²) in [5.74, 6) is 0.159. The summed E-state index contributed by atoms with van der Waals surface area (Å²) in [7, 11) is -1.81. The molecule has 0 unspecified atom stereocenters. The molecule has 0 aliphatic carbocycles. The van der Waals surface area contributed by atoms with E-state index in [0.29, 0.717) is 56.3 Å². The van der Waals surface area contributed by atoms with Crippen LogP contribution < -0.4 is 14.2 Å². The summed E-state index contributed by atoms with van der Waals surface area (Å²) in [4.78, 5) is 15.0. The molecule has 2 aromatic carbocycles. The van der Waals surface area contributed by atoms with E-state index in [1.807, 2.05) is 49.4 Å². The summed E-state index contributed by atoms with van der Waals surface area (Å²) in [5.41, 5.74) is 1.73. The number of rotatable bonds is 15. The van der Waals surface area contributed by atoms with Gasteiger partial charge in [0, 0.05) is 38.1 Å². The Kier molecular flexibility index (Phi) is 10.3. The third-order valence-electron chi connectivity index (χ3n) is 7.92. The monoisotopic (exact) mass is 574 g/mol. The number of carboxylic acid groups (broad SMARTS) is 1. The molecule has 1 saturated heterocycles. The third kappa shape index (κ3) is 6.90. The summed E-state index contributed by atoms with van der Waals surface area (Å²) >= 11 is 0. The third-order valence-corrected chi connectivity index (χ3v) is 9.88. The maximum Gasteiger partial charge on any atom is 0.309 e. The smallest absolute Gasteiger partial charge is 0.309 e. The lowest BCUT2D eigenvalue weighted by Gasteiger charge is -2.30. The van der Waals surface area contributed by atoms with Crippen molar-refractivity contribution in [1.29, 1.82) is 0 Å². The van der Waals surface area contributed by atoms with Crippen LogP contribution >= 0.6 is 0 Å². The van der Waals surface area contributed by atoms with Crippen molar-refractivity contribution in [2.45, 2.75) is 57.9 Å². The largest absolute Gasteiger partial charge is 0.497 e. The summed E-state index contributed by atoms with van der Waals surface area (Å²) in [5, 5.41) is 10.5. The Labute approximate surface area is 238 Å². The Morgan fingerprint density at radius 3 is 2.40 bits per heavy atom. The van der Waals surface area contributed by atoms with Gasteiger partial charge in [-0.2, -0.15) is 0 Å². The molecule has 10 heteroatoms. The van der Waals surface area contributed by atoms with E-state index in [0.717, 1.165) is 30.4 Å². The summed E-state index contributed by atoms with van der Waals surface area (Å²) < 4.78 is 44.5. The maximum absolute atomic E-state index is 13.3. The Morgan fingerprint density at radius 2 is 1.73 bits per heavy atom. The zero-order valence-electron chi connectivity index (χ0n) is 23.8. The van der Waals surface area contributed by atoms with Crippen LogP contribution in [0.15, 0.2) is 42.5 Å². The van der Waals surface area contributed by atoms with E-state index >= 15 is 0 Å². The topological polar surface area (TPSA) is 106 Å². The lowest BCUT2D eigenvalue weighted by molar-refractivity contribution is -0.143. The molecule has 0 aromatic heterocycles. The lowest BCUT2D eigenvalue weighted by Crippen LogP contribution is -2.40. The summed E-state index contributed by atoms with van der Waals surface area (Å²) in [6.45, 7) is 5.90. The van der Waals surface area contributed by atoms with Gasteiger partial charge >= 0.3 is 5.97 Å². The van der Waals surface area contributed by atoms with Gasteiger partial charge in [0.05, 0.1) is 18.8 Å². The van der Waals surface area contributed by atoms with Crippen LogP contribution in [0.3, 0.4) is 0 Å². The summed E-state index contributed by atoms with van der Waals surface area (Å²) in [6.07, 6.45) is 4.35. The molecule has 2 aromatic rings. The number of nitrogens with zero attached hydrogens (tertiary/aromatic N) is 2. The van der Waals surface area contributed by atoms with Crippen LogP contribution in [0.2, 0.25) is 0 Å². The fourth-order valence-electron chi connectivity index (χ4n) is 5.86. The van der Waals surface area contributed by atoms with Crippen LogP contribution in [0.1, 0.15) is 69.0 Å². The summed E-state index contributed by atoms with van der Waals surface area (Å²) in [6, 6.07) is 12.7. The average molecular weight is 575 g/mol. The highest BCUT2D eigenvalue weighted by molar-refractivity contribution is 7.89. The molecule has 2 aliphatic heterocycles. The minimum atomic E-state index is -3.41. The van der Waals surface area contributed by atoms with Gasteiger partial charge in [0.15, 0.2) is 11.5 Å². The molecule has 1 fully saturated rings. The molecule has 4 rings (SSSR count). The molecule has 0 radical (unpaired) electrons. The van der Waals surface area contributed by atoms with E-state index < -0.39 is 28.0 Å². The number of methoxy groups -OCH3 is 1. The van der Waals surface area contributed by atoms with Crippen molar-refractivity contribution in [1.82, 2.24) is 9.21 Å². The maximum atomic E-state index is 13.3. The van der Waals surface area contributed by atoms with Crippen molar-refractivity contribution in [2.75, 3.05) is 45.8 Å².